The second-order valence-electron chi connectivity index (χ2n) is 6.50. The van der Waals surface area contributed by atoms with Crippen molar-refractivity contribution in [2.24, 2.45) is 4.99 Å². The molecule has 0 unspecified atom stereocenters. The van der Waals surface area contributed by atoms with E-state index < -0.39 is 0 Å². The number of rotatable bonds is 5. The van der Waals surface area contributed by atoms with Crippen LogP contribution < -0.4 is 4.74 Å². The molecule has 0 spiro atoms. The van der Waals surface area contributed by atoms with Crippen molar-refractivity contribution in [3.8, 4) is 11.5 Å². The van der Waals surface area contributed by atoms with Gasteiger partial charge in [0.1, 0.15) is 11.5 Å². The summed E-state index contributed by atoms with van der Waals surface area (Å²) in [6.07, 6.45) is 11.6. The number of para-hydroxylation sites is 1. The number of ether oxygens (including phenoxy) is 1. The first-order valence-corrected chi connectivity index (χ1v) is 8.91. The molecule has 1 aliphatic rings. The zero-order chi connectivity index (χ0) is 16.9. The fourth-order valence-corrected chi connectivity index (χ4v) is 3.31. The van der Waals surface area contributed by atoms with Gasteiger partial charge in [0, 0.05) is 30.2 Å². The van der Waals surface area contributed by atoms with Gasteiger partial charge in [-0.15, -0.1) is 0 Å². The lowest BCUT2D eigenvalue weighted by Gasteiger charge is -2.10. The van der Waals surface area contributed by atoms with Crippen LogP contribution >= 0.6 is 0 Å². The zero-order valence-corrected chi connectivity index (χ0v) is 14.2. The second kappa shape index (κ2) is 7.39. The first-order chi connectivity index (χ1) is 12.4. The van der Waals surface area contributed by atoms with Crippen molar-refractivity contribution in [3.63, 3.8) is 0 Å². The number of nitrogens with zero attached hydrogens (tertiary/aromatic N) is 2. The van der Waals surface area contributed by atoms with Crippen LogP contribution in [0.5, 0.6) is 11.5 Å². The van der Waals surface area contributed by atoms with E-state index in [0.29, 0.717) is 6.04 Å². The molecular weight excluding hydrogens is 308 g/mol. The molecule has 4 rings (SSSR count). The molecular formula is C22H22N2O. The van der Waals surface area contributed by atoms with Gasteiger partial charge in [0.15, 0.2) is 0 Å². The predicted octanol–water partition coefficient (Wildman–Crippen LogP) is 6.15. The van der Waals surface area contributed by atoms with Crippen molar-refractivity contribution in [2.75, 3.05) is 0 Å². The van der Waals surface area contributed by atoms with Crippen LogP contribution in [0, 0.1) is 0 Å². The van der Waals surface area contributed by atoms with Gasteiger partial charge in [-0.25, -0.2) is 0 Å². The molecule has 3 nitrogen and oxygen atoms in total. The Bertz CT molecular complexity index is 828. The van der Waals surface area contributed by atoms with Crippen molar-refractivity contribution in [1.29, 1.82) is 0 Å². The lowest BCUT2D eigenvalue weighted by molar-refractivity contribution is 0.483. The summed E-state index contributed by atoms with van der Waals surface area (Å²) in [5.74, 6) is 1.66. The standard InChI is InChI=1S/C22H22N2O/c1-2-8-21(9-3-1)25-22-12-10-19(11-13-22)23-16-18-14-15-24(17-18)20-6-4-5-7-20/h1-3,8-17,20H,4-7H2. The highest BCUT2D eigenvalue weighted by Crippen LogP contribution is 2.29. The monoisotopic (exact) mass is 330 g/mol. The van der Waals surface area contributed by atoms with Crippen LogP contribution in [0.3, 0.4) is 0 Å². The van der Waals surface area contributed by atoms with Gasteiger partial charge in [0.2, 0.25) is 0 Å². The summed E-state index contributed by atoms with van der Waals surface area (Å²) in [5, 5.41) is 0. The van der Waals surface area contributed by atoms with Gasteiger partial charge in [-0.05, 0) is 55.3 Å². The van der Waals surface area contributed by atoms with E-state index >= 15 is 0 Å². The third-order valence-electron chi connectivity index (χ3n) is 4.66. The third-order valence-corrected chi connectivity index (χ3v) is 4.66. The molecule has 1 aliphatic carbocycles. The highest BCUT2D eigenvalue weighted by molar-refractivity contribution is 5.81. The summed E-state index contributed by atoms with van der Waals surface area (Å²) in [4.78, 5) is 4.57. The fourth-order valence-electron chi connectivity index (χ4n) is 3.31. The molecule has 2 aromatic carbocycles. The SMILES string of the molecule is C(=Nc1ccc(Oc2ccccc2)cc1)c1ccn(C2CCCC2)c1. The molecule has 1 saturated carbocycles. The molecule has 0 bridgehead atoms. The van der Waals surface area contributed by atoms with E-state index in [9.17, 15) is 0 Å². The van der Waals surface area contributed by atoms with Crippen LogP contribution in [-0.4, -0.2) is 10.8 Å². The number of hydrogen-bond donors (Lipinski definition) is 0. The molecule has 0 atom stereocenters. The topological polar surface area (TPSA) is 26.5 Å². The van der Waals surface area contributed by atoms with Gasteiger partial charge in [0.05, 0.1) is 5.69 Å². The van der Waals surface area contributed by atoms with Crippen molar-refractivity contribution in [3.05, 3.63) is 78.6 Å². The number of benzene rings is 2. The largest absolute Gasteiger partial charge is 0.457 e. The second-order valence-corrected chi connectivity index (χ2v) is 6.50. The molecule has 0 radical (unpaired) electrons. The quantitative estimate of drug-likeness (QED) is 0.516. The summed E-state index contributed by atoms with van der Waals surface area (Å²) < 4.78 is 8.14. The molecule has 3 aromatic rings. The minimum absolute atomic E-state index is 0.677. The lowest BCUT2D eigenvalue weighted by Crippen LogP contribution is -2.00. The number of aliphatic imine (C=N–C) groups is 1. The third kappa shape index (κ3) is 4.00. The van der Waals surface area contributed by atoms with E-state index in [2.05, 4.69) is 28.0 Å². The van der Waals surface area contributed by atoms with Crippen molar-refractivity contribution in [1.82, 2.24) is 4.57 Å². The average Bonchev–Trinajstić information content (AvgIpc) is 3.34. The summed E-state index contributed by atoms with van der Waals surface area (Å²) in [6.45, 7) is 0. The smallest absolute Gasteiger partial charge is 0.127 e. The van der Waals surface area contributed by atoms with Gasteiger partial charge in [0.25, 0.3) is 0 Å². The van der Waals surface area contributed by atoms with E-state index in [1.807, 2.05) is 60.8 Å². The van der Waals surface area contributed by atoms with Crippen LogP contribution in [0.2, 0.25) is 0 Å². The maximum atomic E-state index is 5.80. The first-order valence-electron chi connectivity index (χ1n) is 8.91. The van der Waals surface area contributed by atoms with Crippen molar-refractivity contribution in [2.45, 2.75) is 31.7 Å². The van der Waals surface area contributed by atoms with Gasteiger partial charge in [-0.1, -0.05) is 31.0 Å². The lowest BCUT2D eigenvalue weighted by atomic mass is 10.2. The number of hydrogen-bond acceptors (Lipinski definition) is 2. The molecule has 0 N–H and O–H groups in total. The van der Waals surface area contributed by atoms with Gasteiger partial charge in [-0.3, -0.25) is 4.99 Å². The molecule has 25 heavy (non-hydrogen) atoms. The average molecular weight is 330 g/mol. The maximum Gasteiger partial charge on any atom is 0.127 e. The summed E-state index contributed by atoms with van der Waals surface area (Å²) in [5.41, 5.74) is 2.07. The minimum atomic E-state index is 0.677. The van der Waals surface area contributed by atoms with Crippen LogP contribution in [0.25, 0.3) is 0 Å². The van der Waals surface area contributed by atoms with Crippen LogP contribution in [-0.2, 0) is 0 Å². The summed E-state index contributed by atoms with van der Waals surface area (Å²) in [7, 11) is 0. The maximum absolute atomic E-state index is 5.80. The molecule has 3 heteroatoms. The van der Waals surface area contributed by atoms with Gasteiger partial charge >= 0.3 is 0 Å². The van der Waals surface area contributed by atoms with E-state index in [1.165, 1.54) is 25.7 Å². The zero-order valence-electron chi connectivity index (χ0n) is 14.2. The van der Waals surface area contributed by atoms with E-state index in [4.69, 9.17) is 4.74 Å². The van der Waals surface area contributed by atoms with E-state index in [-0.39, 0.29) is 0 Å². The predicted molar refractivity (Wildman–Crippen MR) is 102 cm³/mol. The Kier molecular flexibility index (Phi) is 4.64. The molecule has 0 amide bonds. The Morgan fingerprint density at radius 1 is 0.880 bits per heavy atom. The Labute approximate surface area is 148 Å². The summed E-state index contributed by atoms with van der Waals surface area (Å²) in [6, 6.07) is 20.5. The van der Waals surface area contributed by atoms with Gasteiger partial charge < -0.3 is 9.30 Å². The number of aromatic nitrogens is 1. The molecule has 0 saturated heterocycles. The Hall–Kier alpha value is -2.81. The Balaban J connectivity index is 1.40. The van der Waals surface area contributed by atoms with Crippen molar-refractivity contribution >= 4 is 11.9 Å². The molecule has 1 aromatic heterocycles. The summed E-state index contributed by atoms with van der Waals surface area (Å²) >= 11 is 0. The fraction of sp³-hybridized carbons (Fsp3) is 0.227. The van der Waals surface area contributed by atoms with Gasteiger partial charge in [-0.2, -0.15) is 0 Å². The Morgan fingerprint density at radius 3 is 2.36 bits per heavy atom. The molecule has 1 fully saturated rings. The van der Waals surface area contributed by atoms with Crippen LogP contribution in [0.1, 0.15) is 37.3 Å². The van der Waals surface area contributed by atoms with E-state index in [0.717, 1.165) is 22.7 Å². The first kappa shape index (κ1) is 15.7. The highest BCUT2D eigenvalue weighted by atomic mass is 16.5. The normalized spacial score (nSPS) is 15.0. The molecule has 1 heterocycles. The van der Waals surface area contributed by atoms with Crippen molar-refractivity contribution < 1.29 is 4.74 Å². The van der Waals surface area contributed by atoms with E-state index in [1.54, 1.807) is 0 Å². The molecule has 0 aliphatic heterocycles. The van der Waals surface area contributed by atoms with Crippen LogP contribution in [0.15, 0.2) is 78.0 Å². The minimum Gasteiger partial charge on any atom is -0.457 e. The Morgan fingerprint density at radius 2 is 1.60 bits per heavy atom. The highest BCUT2D eigenvalue weighted by Gasteiger charge is 2.15. The molecule has 126 valence electrons. The van der Waals surface area contributed by atoms with Crippen LogP contribution in [0.4, 0.5) is 5.69 Å².